The predicted molar refractivity (Wildman–Crippen MR) is 138 cm³/mol. The van der Waals surface area contributed by atoms with E-state index in [0.29, 0.717) is 5.57 Å². The molecule has 202 valence electrons. The Morgan fingerprint density at radius 3 is 2.74 bits per heavy atom. The lowest BCUT2D eigenvalue weighted by Gasteiger charge is -2.49. The lowest BCUT2D eigenvalue weighted by Crippen LogP contribution is -2.71. The van der Waals surface area contributed by atoms with Gasteiger partial charge in [-0.25, -0.2) is 24.5 Å². The van der Waals surface area contributed by atoms with Crippen molar-refractivity contribution in [1.29, 1.82) is 0 Å². The first kappa shape index (κ1) is 26.4. The quantitative estimate of drug-likeness (QED) is 0.0827. The third-order valence-corrected chi connectivity index (χ3v) is 8.56. The number of anilines is 1. The maximum Gasteiger partial charge on any atom is 0.354 e. The van der Waals surface area contributed by atoms with E-state index < -0.39 is 35.2 Å². The zero-order valence-electron chi connectivity index (χ0n) is 19.7. The van der Waals surface area contributed by atoms with Crippen LogP contribution in [0.4, 0.5) is 5.13 Å². The van der Waals surface area contributed by atoms with E-state index >= 15 is 0 Å². The fourth-order valence-corrected chi connectivity index (χ4v) is 6.84. The summed E-state index contributed by atoms with van der Waals surface area (Å²) in [6, 6.07) is 0.259. The summed E-state index contributed by atoms with van der Waals surface area (Å²) in [5, 5.41) is 30.8. The molecule has 5 rings (SSSR count). The van der Waals surface area contributed by atoms with E-state index in [1.54, 1.807) is 0 Å². The van der Waals surface area contributed by atoms with E-state index in [2.05, 4.69) is 30.5 Å². The van der Waals surface area contributed by atoms with Crippen LogP contribution in [-0.4, -0.2) is 99.2 Å². The standard InChI is InChI=1S/C20H17N9O7S3/c1-36-27-11(9-5-38-19(21)24-9)14(30)26-12-15(31)28-13(18(34)35)7(3-37-16(12)28)4-39-20-25-8(17(32)33)2-10-22-6-23-29(10)20/h2,5-6,12,16H,3-4H2,1H3,(H2,21,24)(H,26,30)(H,32,33)(H,34,35)/t12-,16-/m1/s1. The molecule has 19 heteroatoms. The van der Waals surface area contributed by atoms with Gasteiger partial charge in [0.1, 0.15) is 36.2 Å². The molecule has 1 fully saturated rings. The maximum absolute atomic E-state index is 13.0. The highest BCUT2D eigenvalue weighted by Gasteiger charge is 2.54. The van der Waals surface area contributed by atoms with Gasteiger partial charge in [0, 0.05) is 23.0 Å². The summed E-state index contributed by atoms with van der Waals surface area (Å²) in [4.78, 5) is 67.5. The second-order valence-corrected chi connectivity index (χ2v) is 10.8. The number of thiazole rings is 1. The van der Waals surface area contributed by atoms with Crippen LogP contribution in [0.15, 0.2) is 39.4 Å². The zero-order valence-corrected chi connectivity index (χ0v) is 22.1. The Kier molecular flexibility index (Phi) is 7.10. The third kappa shape index (κ3) is 4.86. The van der Waals surface area contributed by atoms with Gasteiger partial charge >= 0.3 is 11.9 Å². The number of thioether (sulfide) groups is 2. The molecule has 0 radical (unpaired) electrons. The van der Waals surface area contributed by atoms with Crippen molar-refractivity contribution in [3.63, 3.8) is 0 Å². The van der Waals surface area contributed by atoms with Gasteiger partial charge in [-0.1, -0.05) is 16.9 Å². The molecule has 0 saturated carbocycles. The minimum atomic E-state index is -1.31. The predicted octanol–water partition coefficient (Wildman–Crippen LogP) is -0.257. The molecule has 39 heavy (non-hydrogen) atoms. The van der Waals surface area contributed by atoms with Crippen molar-refractivity contribution in [2.45, 2.75) is 16.6 Å². The van der Waals surface area contributed by atoms with Crippen LogP contribution in [0.2, 0.25) is 0 Å². The van der Waals surface area contributed by atoms with Crippen molar-refractivity contribution >= 4 is 75.1 Å². The summed E-state index contributed by atoms with van der Waals surface area (Å²) in [7, 11) is 1.25. The minimum absolute atomic E-state index is 0.0864. The molecule has 0 bridgehead atoms. The molecule has 0 aliphatic carbocycles. The van der Waals surface area contributed by atoms with E-state index in [1.807, 2.05) is 0 Å². The average Bonchev–Trinajstić information content (AvgIpc) is 3.56. The molecule has 2 aliphatic heterocycles. The number of carbonyl (C=O) groups is 4. The molecule has 3 aromatic rings. The molecule has 0 aromatic carbocycles. The van der Waals surface area contributed by atoms with E-state index in [1.165, 1.54) is 41.2 Å². The summed E-state index contributed by atoms with van der Waals surface area (Å²) < 4.78 is 1.34. The number of carbonyl (C=O) groups excluding carboxylic acids is 2. The highest BCUT2D eigenvalue weighted by atomic mass is 32.2. The number of amides is 2. The van der Waals surface area contributed by atoms with Crippen molar-refractivity contribution in [1.82, 2.24) is 34.8 Å². The van der Waals surface area contributed by atoms with Gasteiger partial charge < -0.3 is 26.1 Å². The molecule has 16 nitrogen and oxygen atoms in total. The molecule has 3 aromatic heterocycles. The van der Waals surface area contributed by atoms with Crippen molar-refractivity contribution < 1.29 is 34.2 Å². The first-order valence-electron chi connectivity index (χ1n) is 10.8. The van der Waals surface area contributed by atoms with Crippen LogP contribution in [-0.2, 0) is 19.2 Å². The molecule has 2 aliphatic rings. The number of aromatic carboxylic acids is 1. The lowest BCUT2D eigenvalue weighted by atomic mass is 10.0. The van der Waals surface area contributed by atoms with Crippen LogP contribution in [0.5, 0.6) is 0 Å². The van der Waals surface area contributed by atoms with Gasteiger partial charge in [-0.15, -0.1) is 23.1 Å². The van der Waals surface area contributed by atoms with Crippen LogP contribution in [0.25, 0.3) is 5.65 Å². The van der Waals surface area contributed by atoms with Gasteiger partial charge in [-0.05, 0) is 5.57 Å². The van der Waals surface area contributed by atoms with Crippen molar-refractivity contribution in [3.8, 4) is 0 Å². The number of oxime groups is 1. The topological polar surface area (TPSA) is 228 Å². The van der Waals surface area contributed by atoms with Crippen LogP contribution < -0.4 is 11.1 Å². The second-order valence-electron chi connectivity index (χ2n) is 7.86. The van der Waals surface area contributed by atoms with E-state index in [-0.39, 0.29) is 50.2 Å². The molecular formula is C20H17N9O7S3. The Labute approximate surface area is 230 Å². The summed E-state index contributed by atoms with van der Waals surface area (Å²) >= 11 is 3.43. The molecule has 5 heterocycles. The summed E-state index contributed by atoms with van der Waals surface area (Å²) in [5.41, 5.74) is 5.87. The molecule has 0 spiro atoms. The van der Waals surface area contributed by atoms with Crippen LogP contribution >= 0.6 is 34.9 Å². The Hall–Kier alpha value is -4.23. The van der Waals surface area contributed by atoms with E-state index in [9.17, 15) is 29.4 Å². The number of β-lactam (4-membered cyclic amide) rings is 1. The van der Waals surface area contributed by atoms with Gasteiger partial charge in [0.15, 0.2) is 27.3 Å². The van der Waals surface area contributed by atoms with E-state index in [4.69, 9.17) is 10.6 Å². The minimum Gasteiger partial charge on any atom is -0.477 e. The highest BCUT2D eigenvalue weighted by Crippen LogP contribution is 2.41. The normalized spacial score (nSPS) is 19.1. The van der Waals surface area contributed by atoms with Crippen molar-refractivity contribution in [2.75, 3.05) is 24.3 Å². The number of nitrogen functional groups attached to an aromatic ring is 1. The van der Waals surface area contributed by atoms with Gasteiger partial charge in [-0.3, -0.25) is 14.5 Å². The summed E-state index contributed by atoms with van der Waals surface area (Å²) in [6.07, 6.45) is 1.25. The Balaban J connectivity index is 1.34. The largest absolute Gasteiger partial charge is 0.477 e. The number of nitrogens with two attached hydrogens (primary N) is 1. The highest BCUT2D eigenvalue weighted by molar-refractivity contribution is 8.01. The van der Waals surface area contributed by atoms with Crippen LogP contribution in [0.1, 0.15) is 16.2 Å². The summed E-state index contributed by atoms with van der Waals surface area (Å²) in [6.45, 7) is 0. The summed E-state index contributed by atoms with van der Waals surface area (Å²) in [5.74, 6) is -3.59. The second kappa shape index (κ2) is 10.5. The molecular weight excluding hydrogens is 574 g/mol. The SMILES string of the molecule is CON=C(C(=O)N[C@@H]1C(=O)N2C(C(=O)O)=C(CSc3nc(C(=O)O)cc4ncnn34)CS[C@H]12)c1csc(N)n1. The molecule has 5 N–H and O–H groups in total. The Morgan fingerprint density at radius 1 is 1.28 bits per heavy atom. The fourth-order valence-electron chi connectivity index (χ4n) is 3.85. The van der Waals surface area contributed by atoms with Crippen LogP contribution in [0.3, 0.4) is 0 Å². The van der Waals surface area contributed by atoms with Gasteiger partial charge in [-0.2, -0.15) is 9.61 Å². The first-order chi connectivity index (χ1) is 18.7. The van der Waals surface area contributed by atoms with Gasteiger partial charge in [0.2, 0.25) is 0 Å². The maximum atomic E-state index is 13.0. The zero-order chi connectivity index (χ0) is 27.8. The number of carboxylic acids is 2. The lowest BCUT2D eigenvalue weighted by molar-refractivity contribution is -0.150. The Bertz CT molecular complexity index is 1580. The van der Waals surface area contributed by atoms with E-state index in [0.717, 1.165) is 28.0 Å². The number of hydrogen-bond donors (Lipinski definition) is 4. The molecule has 1 saturated heterocycles. The average molecular weight is 592 g/mol. The monoisotopic (exact) mass is 591 g/mol. The number of nitrogens with zero attached hydrogens (tertiary/aromatic N) is 7. The number of aromatic nitrogens is 5. The number of fused-ring (bicyclic) bond motifs is 2. The molecule has 2 atom stereocenters. The number of carboxylic acid groups (broad SMARTS) is 2. The number of rotatable bonds is 9. The Morgan fingerprint density at radius 2 is 2.08 bits per heavy atom. The number of hydrogen-bond acceptors (Lipinski definition) is 14. The van der Waals surface area contributed by atoms with Crippen molar-refractivity contribution in [2.24, 2.45) is 5.16 Å². The third-order valence-electron chi connectivity index (χ3n) is 5.53. The van der Waals surface area contributed by atoms with Crippen molar-refractivity contribution in [3.05, 3.63) is 40.4 Å². The number of nitrogens with one attached hydrogen (secondary N) is 1. The smallest absolute Gasteiger partial charge is 0.354 e. The molecule has 2 amide bonds. The molecule has 0 unspecified atom stereocenters. The van der Waals surface area contributed by atoms with Gasteiger partial charge in [0.05, 0.1) is 0 Å². The first-order valence-corrected chi connectivity index (χ1v) is 13.7. The van der Waals surface area contributed by atoms with Gasteiger partial charge in [0.25, 0.3) is 11.8 Å². The fraction of sp³-hybridized carbons (Fsp3) is 0.250. The van der Waals surface area contributed by atoms with Crippen LogP contribution in [0, 0.1) is 0 Å². The number of aliphatic carboxylic acids is 1.